The predicted molar refractivity (Wildman–Crippen MR) is 79.9 cm³/mol. The quantitative estimate of drug-likeness (QED) is 0.859. The van der Waals surface area contributed by atoms with Crippen LogP contribution in [0.5, 0.6) is 0 Å². The predicted octanol–water partition coefficient (Wildman–Crippen LogP) is 3.02. The molecule has 0 aromatic carbocycles. The Morgan fingerprint density at radius 2 is 2.11 bits per heavy atom. The Bertz CT molecular complexity index is 371. The summed E-state index contributed by atoms with van der Waals surface area (Å²) < 4.78 is 0. The van der Waals surface area contributed by atoms with Crippen molar-refractivity contribution in [2.75, 3.05) is 31.1 Å². The van der Waals surface area contributed by atoms with Crippen molar-refractivity contribution in [3.05, 3.63) is 10.6 Å². The highest BCUT2D eigenvalue weighted by Gasteiger charge is 2.25. The molecule has 3 nitrogen and oxygen atoms in total. The van der Waals surface area contributed by atoms with E-state index in [1.54, 1.807) is 0 Å². The molecule has 2 rings (SSSR count). The Hall–Kier alpha value is -0.610. The van der Waals surface area contributed by atoms with E-state index in [1.165, 1.54) is 35.0 Å². The Kier molecular flexibility index (Phi) is 5.01. The first-order chi connectivity index (χ1) is 8.80. The van der Waals surface area contributed by atoms with Crippen molar-refractivity contribution in [3.8, 4) is 0 Å². The van der Waals surface area contributed by atoms with E-state index in [0.29, 0.717) is 5.92 Å². The summed E-state index contributed by atoms with van der Waals surface area (Å²) in [5, 5.41) is 4.71. The van der Waals surface area contributed by atoms with Crippen LogP contribution in [0, 0.1) is 0 Å². The number of likely N-dealkylation sites (N-methyl/N-ethyl adjacent to an activating group) is 1. The second-order valence-electron chi connectivity index (χ2n) is 4.87. The monoisotopic (exact) mass is 267 g/mol. The Labute approximate surface area is 115 Å². The highest BCUT2D eigenvalue weighted by atomic mass is 32.1. The lowest BCUT2D eigenvalue weighted by Gasteiger charge is -2.21. The zero-order valence-corrected chi connectivity index (χ0v) is 12.6. The SMILES string of the molecule is CCNCC1CCCc2sc(N(CC)CC)nc21. The number of rotatable bonds is 6. The lowest BCUT2D eigenvalue weighted by molar-refractivity contribution is 0.509. The van der Waals surface area contributed by atoms with Crippen molar-refractivity contribution in [2.24, 2.45) is 0 Å². The van der Waals surface area contributed by atoms with E-state index < -0.39 is 0 Å². The van der Waals surface area contributed by atoms with Crippen LogP contribution in [0.2, 0.25) is 0 Å². The summed E-state index contributed by atoms with van der Waals surface area (Å²) in [6.45, 7) is 10.8. The second kappa shape index (κ2) is 6.53. The fourth-order valence-corrected chi connectivity index (χ4v) is 3.96. The van der Waals surface area contributed by atoms with Crippen molar-refractivity contribution < 1.29 is 0 Å². The number of hydrogen-bond donors (Lipinski definition) is 1. The number of fused-ring (bicyclic) bond motifs is 1. The van der Waals surface area contributed by atoms with Crippen LogP contribution < -0.4 is 10.2 Å². The largest absolute Gasteiger partial charge is 0.349 e. The lowest BCUT2D eigenvalue weighted by atomic mass is 9.91. The van der Waals surface area contributed by atoms with E-state index in [-0.39, 0.29) is 0 Å². The molecule has 1 atom stereocenters. The number of thiazole rings is 1. The summed E-state index contributed by atoms with van der Waals surface area (Å²) in [4.78, 5) is 8.83. The van der Waals surface area contributed by atoms with E-state index in [1.807, 2.05) is 11.3 Å². The summed E-state index contributed by atoms with van der Waals surface area (Å²) in [6, 6.07) is 0. The third-order valence-corrected chi connectivity index (χ3v) is 4.93. The highest BCUT2D eigenvalue weighted by Crippen LogP contribution is 2.37. The van der Waals surface area contributed by atoms with E-state index in [2.05, 4.69) is 31.0 Å². The zero-order valence-electron chi connectivity index (χ0n) is 11.8. The Balaban J connectivity index is 2.17. The minimum atomic E-state index is 0.634. The number of nitrogens with one attached hydrogen (secondary N) is 1. The van der Waals surface area contributed by atoms with Crippen molar-refractivity contribution in [1.82, 2.24) is 10.3 Å². The van der Waals surface area contributed by atoms with Crippen molar-refractivity contribution >= 4 is 16.5 Å². The van der Waals surface area contributed by atoms with Gasteiger partial charge in [0, 0.05) is 30.4 Å². The van der Waals surface area contributed by atoms with Gasteiger partial charge >= 0.3 is 0 Å². The molecule has 0 saturated carbocycles. The van der Waals surface area contributed by atoms with Crippen molar-refractivity contribution in [3.63, 3.8) is 0 Å². The average Bonchev–Trinajstić information content (AvgIpc) is 2.82. The fraction of sp³-hybridized carbons (Fsp3) is 0.786. The molecule has 0 amide bonds. The molecule has 1 unspecified atom stereocenters. The van der Waals surface area contributed by atoms with Gasteiger partial charge in [-0.15, -0.1) is 11.3 Å². The second-order valence-corrected chi connectivity index (χ2v) is 5.94. The standard InChI is InChI=1S/C14H25N3S/c1-4-15-10-11-8-7-9-12-13(11)16-14(18-12)17(5-2)6-3/h11,15H,4-10H2,1-3H3. The number of nitrogens with zero attached hydrogens (tertiary/aromatic N) is 2. The Morgan fingerprint density at radius 1 is 1.33 bits per heavy atom. The molecule has 0 saturated heterocycles. The Morgan fingerprint density at radius 3 is 2.78 bits per heavy atom. The van der Waals surface area contributed by atoms with Gasteiger partial charge in [0.25, 0.3) is 0 Å². The van der Waals surface area contributed by atoms with Crippen LogP contribution in [0.3, 0.4) is 0 Å². The van der Waals surface area contributed by atoms with Crippen LogP contribution in [-0.2, 0) is 6.42 Å². The van der Waals surface area contributed by atoms with Crippen LogP contribution in [0.1, 0.15) is 50.1 Å². The number of aromatic nitrogens is 1. The van der Waals surface area contributed by atoms with Crippen LogP contribution in [0.4, 0.5) is 5.13 Å². The molecule has 0 bridgehead atoms. The molecule has 1 N–H and O–H groups in total. The molecule has 1 heterocycles. The molecule has 1 aromatic heterocycles. The number of aryl methyl sites for hydroxylation is 1. The molecule has 0 aliphatic heterocycles. The van der Waals surface area contributed by atoms with Gasteiger partial charge in [0.2, 0.25) is 0 Å². The molecule has 0 spiro atoms. The molecule has 4 heteroatoms. The van der Waals surface area contributed by atoms with Gasteiger partial charge in [-0.05, 0) is 39.7 Å². The van der Waals surface area contributed by atoms with Gasteiger partial charge in [-0.2, -0.15) is 0 Å². The van der Waals surface area contributed by atoms with Gasteiger partial charge in [-0.1, -0.05) is 6.92 Å². The molecular formula is C14H25N3S. The summed E-state index contributed by atoms with van der Waals surface area (Å²) in [5.41, 5.74) is 1.38. The summed E-state index contributed by atoms with van der Waals surface area (Å²) in [6.07, 6.45) is 3.85. The van der Waals surface area contributed by atoms with E-state index in [9.17, 15) is 0 Å². The van der Waals surface area contributed by atoms with E-state index in [0.717, 1.165) is 26.2 Å². The maximum atomic E-state index is 4.93. The normalized spacial score (nSPS) is 18.7. The summed E-state index contributed by atoms with van der Waals surface area (Å²) >= 11 is 1.92. The highest BCUT2D eigenvalue weighted by molar-refractivity contribution is 7.15. The summed E-state index contributed by atoms with van der Waals surface area (Å²) in [5.74, 6) is 0.634. The van der Waals surface area contributed by atoms with Gasteiger partial charge in [0.15, 0.2) is 5.13 Å². The van der Waals surface area contributed by atoms with Gasteiger partial charge in [-0.3, -0.25) is 0 Å². The average molecular weight is 267 g/mol. The minimum absolute atomic E-state index is 0.634. The molecule has 1 aliphatic rings. The maximum Gasteiger partial charge on any atom is 0.185 e. The maximum absolute atomic E-state index is 4.93. The third-order valence-electron chi connectivity index (χ3n) is 3.73. The minimum Gasteiger partial charge on any atom is -0.349 e. The van der Waals surface area contributed by atoms with Crippen molar-refractivity contribution in [1.29, 1.82) is 0 Å². The summed E-state index contributed by atoms with van der Waals surface area (Å²) in [7, 11) is 0. The topological polar surface area (TPSA) is 28.2 Å². The molecule has 18 heavy (non-hydrogen) atoms. The molecule has 0 fully saturated rings. The van der Waals surface area contributed by atoms with Crippen LogP contribution in [-0.4, -0.2) is 31.2 Å². The number of hydrogen-bond acceptors (Lipinski definition) is 4. The smallest absolute Gasteiger partial charge is 0.185 e. The lowest BCUT2D eigenvalue weighted by Crippen LogP contribution is -2.24. The van der Waals surface area contributed by atoms with Gasteiger partial charge < -0.3 is 10.2 Å². The fourth-order valence-electron chi connectivity index (χ4n) is 2.64. The van der Waals surface area contributed by atoms with Crippen LogP contribution in [0.15, 0.2) is 0 Å². The molecule has 0 radical (unpaired) electrons. The first kappa shape index (κ1) is 13.8. The molecule has 1 aliphatic carbocycles. The van der Waals surface area contributed by atoms with E-state index >= 15 is 0 Å². The molecular weight excluding hydrogens is 242 g/mol. The van der Waals surface area contributed by atoms with E-state index in [4.69, 9.17) is 4.98 Å². The zero-order chi connectivity index (χ0) is 13.0. The molecule has 102 valence electrons. The van der Waals surface area contributed by atoms with Crippen molar-refractivity contribution in [2.45, 2.75) is 46.0 Å². The molecule has 1 aromatic rings. The van der Waals surface area contributed by atoms with Crippen LogP contribution >= 0.6 is 11.3 Å². The number of anilines is 1. The third kappa shape index (κ3) is 2.86. The van der Waals surface area contributed by atoms with Gasteiger partial charge in [0.05, 0.1) is 5.69 Å². The first-order valence-corrected chi connectivity index (χ1v) is 8.07. The van der Waals surface area contributed by atoms with Gasteiger partial charge in [-0.25, -0.2) is 4.98 Å². The van der Waals surface area contributed by atoms with Gasteiger partial charge in [0.1, 0.15) is 0 Å². The van der Waals surface area contributed by atoms with Crippen LogP contribution in [0.25, 0.3) is 0 Å². The first-order valence-electron chi connectivity index (χ1n) is 7.25.